The number of hydrogen-bond acceptors (Lipinski definition) is 5. The first kappa shape index (κ1) is 34.1. The van der Waals surface area contributed by atoms with Crippen molar-refractivity contribution in [1.29, 1.82) is 0 Å². The van der Waals surface area contributed by atoms with Gasteiger partial charge in [0.25, 0.3) is 0 Å². The summed E-state index contributed by atoms with van der Waals surface area (Å²) in [6.45, 7) is 9.67. The summed E-state index contributed by atoms with van der Waals surface area (Å²) < 4.78 is 5.32. The summed E-state index contributed by atoms with van der Waals surface area (Å²) in [7, 11) is 0. The zero-order valence-electron chi connectivity index (χ0n) is 24.8. The molecule has 0 bridgehead atoms. The molecule has 0 aliphatic rings. The van der Waals surface area contributed by atoms with Gasteiger partial charge in [-0.2, -0.15) is 0 Å². The zero-order valence-corrected chi connectivity index (χ0v) is 27.1. The Kier molecular flexibility index (Phi) is 12.5. The van der Waals surface area contributed by atoms with Crippen molar-refractivity contribution in [3.05, 3.63) is 104 Å². The van der Waals surface area contributed by atoms with Crippen LogP contribution in [0.25, 0.3) is 0 Å². The summed E-state index contributed by atoms with van der Waals surface area (Å²) in [5.74, 6) is -0.914. The molecule has 3 aromatic rings. The Morgan fingerprint density at radius 2 is 1.55 bits per heavy atom. The number of carbonyl (C=O) groups is 2. The average molecular weight is 633 g/mol. The molecule has 42 heavy (non-hydrogen) atoms. The van der Waals surface area contributed by atoms with Gasteiger partial charge in [-0.25, -0.2) is 0 Å². The van der Waals surface area contributed by atoms with E-state index in [9.17, 15) is 14.7 Å². The van der Waals surface area contributed by atoms with Gasteiger partial charge >= 0.3 is 5.97 Å². The molecule has 5 nitrogen and oxygen atoms in total. The van der Waals surface area contributed by atoms with Crippen molar-refractivity contribution in [2.75, 3.05) is 6.54 Å². The standard InChI is InChI=1S/C34H40Cl3NO4/c1-6-7-27(23-10-12-24(13-11-23)33(41)38-17-16-30(39)42-34(3,4)5)28(19-22-8-14-25(35)15-9-22)32(40)29-20-26(36)18-21(2)31(29)37/h8-15,18,20,27-28,33,38,41H,6-7,16-17,19H2,1-5H3. The molecular weight excluding hydrogens is 593 g/mol. The number of carbonyl (C=O) groups excluding carboxylic acids is 2. The number of hydrogen-bond donors (Lipinski definition) is 2. The van der Waals surface area contributed by atoms with Crippen LogP contribution in [0, 0.1) is 12.8 Å². The summed E-state index contributed by atoms with van der Waals surface area (Å²) in [6, 6.07) is 18.6. The lowest BCUT2D eigenvalue weighted by Gasteiger charge is -2.28. The Bertz CT molecular complexity index is 1350. The molecule has 8 heteroatoms. The lowest BCUT2D eigenvalue weighted by Crippen LogP contribution is -2.28. The van der Waals surface area contributed by atoms with Gasteiger partial charge in [0.05, 0.1) is 11.4 Å². The summed E-state index contributed by atoms with van der Waals surface area (Å²) in [6.07, 6.45) is 1.33. The molecule has 2 N–H and O–H groups in total. The third-order valence-corrected chi connectivity index (χ3v) is 8.01. The van der Waals surface area contributed by atoms with Gasteiger partial charge in [-0.05, 0) is 93.0 Å². The first-order valence-electron chi connectivity index (χ1n) is 14.3. The quantitative estimate of drug-likeness (QED) is 0.112. The minimum Gasteiger partial charge on any atom is -0.460 e. The first-order chi connectivity index (χ1) is 19.8. The van der Waals surface area contributed by atoms with E-state index in [1.165, 1.54) is 0 Å². The maximum atomic E-state index is 14.2. The summed E-state index contributed by atoms with van der Waals surface area (Å²) in [5.41, 5.74) is 3.26. The zero-order chi connectivity index (χ0) is 31.0. The van der Waals surface area contributed by atoms with E-state index >= 15 is 0 Å². The Balaban J connectivity index is 1.87. The number of ketones is 1. The molecule has 0 amide bonds. The number of esters is 1. The number of aliphatic hydroxyl groups excluding tert-OH is 1. The molecule has 0 aliphatic carbocycles. The third kappa shape index (κ3) is 9.82. The molecule has 0 saturated heterocycles. The van der Waals surface area contributed by atoms with Crippen LogP contribution < -0.4 is 5.32 Å². The monoisotopic (exact) mass is 631 g/mol. The number of nitrogens with one attached hydrogen (secondary N) is 1. The van der Waals surface area contributed by atoms with E-state index in [1.54, 1.807) is 12.1 Å². The first-order valence-corrected chi connectivity index (χ1v) is 15.4. The number of Topliss-reactive ketones (excluding diaryl/α,β-unsaturated/α-hetero) is 1. The van der Waals surface area contributed by atoms with Crippen LogP contribution in [0.15, 0.2) is 60.7 Å². The largest absolute Gasteiger partial charge is 0.460 e. The summed E-state index contributed by atoms with van der Waals surface area (Å²) in [5, 5.41) is 15.2. The molecule has 3 atom stereocenters. The second kappa shape index (κ2) is 15.4. The molecular formula is C34H40Cl3NO4. The predicted molar refractivity (Wildman–Crippen MR) is 172 cm³/mol. The van der Waals surface area contributed by atoms with Crippen molar-refractivity contribution in [3.8, 4) is 0 Å². The van der Waals surface area contributed by atoms with Gasteiger partial charge in [0.1, 0.15) is 11.8 Å². The SMILES string of the molecule is CCCC(c1ccc(C(O)NCCC(=O)OC(C)(C)C)cc1)C(Cc1ccc(Cl)cc1)C(=O)c1cc(Cl)cc(C)c1Cl. The van der Waals surface area contributed by atoms with E-state index in [2.05, 4.69) is 12.2 Å². The molecule has 0 heterocycles. The van der Waals surface area contributed by atoms with Crippen LogP contribution in [0.5, 0.6) is 0 Å². The van der Waals surface area contributed by atoms with Crippen molar-refractivity contribution < 1.29 is 19.4 Å². The summed E-state index contributed by atoms with van der Waals surface area (Å²) >= 11 is 19.1. The molecule has 0 saturated carbocycles. The van der Waals surface area contributed by atoms with Gasteiger partial charge in [-0.3, -0.25) is 14.9 Å². The van der Waals surface area contributed by atoms with Crippen molar-refractivity contribution in [3.63, 3.8) is 0 Å². The molecule has 0 fully saturated rings. The number of halogens is 3. The van der Waals surface area contributed by atoms with Gasteiger partial charge in [0, 0.05) is 28.1 Å². The topological polar surface area (TPSA) is 75.6 Å². The van der Waals surface area contributed by atoms with Crippen molar-refractivity contribution in [1.82, 2.24) is 5.32 Å². The molecule has 226 valence electrons. The highest BCUT2D eigenvalue weighted by Crippen LogP contribution is 2.37. The van der Waals surface area contributed by atoms with Gasteiger partial charge < -0.3 is 9.84 Å². The van der Waals surface area contributed by atoms with E-state index in [1.807, 2.05) is 76.2 Å². The molecule has 0 aliphatic heterocycles. The second-order valence-electron chi connectivity index (χ2n) is 11.6. The van der Waals surface area contributed by atoms with Crippen molar-refractivity contribution in [2.24, 2.45) is 5.92 Å². The van der Waals surface area contributed by atoms with E-state index in [4.69, 9.17) is 39.5 Å². The lowest BCUT2D eigenvalue weighted by molar-refractivity contribution is -0.154. The normalized spacial score (nSPS) is 13.8. The van der Waals surface area contributed by atoms with Crippen molar-refractivity contribution >= 4 is 46.6 Å². The Hall–Kier alpha value is -2.41. The van der Waals surface area contributed by atoms with Crippen LogP contribution in [0.4, 0.5) is 0 Å². The molecule has 3 rings (SSSR count). The van der Waals surface area contributed by atoms with Crippen LogP contribution >= 0.6 is 34.8 Å². The lowest BCUT2D eigenvalue weighted by atomic mass is 9.75. The van der Waals surface area contributed by atoms with Crippen molar-refractivity contribution in [2.45, 2.75) is 78.0 Å². The Morgan fingerprint density at radius 1 is 0.929 bits per heavy atom. The molecule has 0 aromatic heterocycles. The average Bonchev–Trinajstić information content (AvgIpc) is 2.92. The smallest absolute Gasteiger partial charge is 0.307 e. The number of aryl methyl sites for hydroxylation is 1. The second-order valence-corrected chi connectivity index (χ2v) is 12.9. The van der Waals surface area contributed by atoms with Crippen LogP contribution in [0.2, 0.25) is 15.1 Å². The van der Waals surface area contributed by atoms with Crippen LogP contribution in [-0.4, -0.2) is 29.0 Å². The number of rotatable bonds is 13. The predicted octanol–water partition coefficient (Wildman–Crippen LogP) is 8.89. The molecule has 0 spiro atoms. The maximum Gasteiger partial charge on any atom is 0.307 e. The van der Waals surface area contributed by atoms with Gasteiger partial charge in [-0.15, -0.1) is 0 Å². The fourth-order valence-corrected chi connectivity index (χ4v) is 5.66. The molecule has 3 unspecified atom stereocenters. The summed E-state index contributed by atoms with van der Waals surface area (Å²) in [4.78, 5) is 26.2. The highest BCUT2D eigenvalue weighted by molar-refractivity contribution is 6.36. The Morgan fingerprint density at radius 3 is 2.14 bits per heavy atom. The number of aliphatic hydroxyl groups is 1. The third-order valence-electron chi connectivity index (χ3n) is 7.04. The fraction of sp³-hybridized carbons (Fsp3) is 0.412. The molecule has 3 aromatic carbocycles. The highest BCUT2D eigenvalue weighted by atomic mass is 35.5. The Labute approximate surface area is 264 Å². The number of benzene rings is 3. The van der Waals surface area contributed by atoms with Gasteiger partial charge in [-0.1, -0.05) is 84.5 Å². The van der Waals surface area contributed by atoms with E-state index < -0.39 is 17.7 Å². The fourth-order valence-electron chi connectivity index (χ4n) is 5.05. The maximum absolute atomic E-state index is 14.2. The van der Waals surface area contributed by atoms with Gasteiger partial charge in [0.15, 0.2) is 5.78 Å². The van der Waals surface area contributed by atoms with E-state index in [-0.39, 0.29) is 30.6 Å². The minimum absolute atomic E-state index is 0.0630. The van der Waals surface area contributed by atoms with Crippen LogP contribution in [0.3, 0.4) is 0 Å². The highest BCUT2D eigenvalue weighted by Gasteiger charge is 2.32. The molecule has 0 radical (unpaired) electrons. The van der Waals surface area contributed by atoms with E-state index in [0.717, 1.165) is 29.5 Å². The minimum atomic E-state index is -0.953. The number of ether oxygens (including phenoxy) is 1. The van der Waals surface area contributed by atoms with E-state index in [0.29, 0.717) is 32.6 Å². The van der Waals surface area contributed by atoms with Crippen LogP contribution in [-0.2, 0) is 16.0 Å². The van der Waals surface area contributed by atoms with Gasteiger partial charge in [0.2, 0.25) is 0 Å². The van der Waals surface area contributed by atoms with Crippen LogP contribution in [0.1, 0.15) is 91.7 Å².